The van der Waals surface area contributed by atoms with Gasteiger partial charge in [-0.05, 0) is 79.0 Å². The minimum atomic E-state index is -1.04. The van der Waals surface area contributed by atoms with Crippen molar-refractivity contribution in [3.8, 4) is 0 Å². The third-order valence-electron chi connectivity index (χ3n) is 5.53. The van der Waals surface area contributed by atoms with Crippen LogP contribution in [0.3, 0.4) is 0 Å². The van der Waals surface area contributed by atoms with E-state index in [9.17, 15) is 19.2 Å². The molecule has 0 saturated carbocycles. The molecule has 10 heteroatoms. The van der Waals surface area contributed by atoms with E-state index in [1.54, 1.807) is 61.5 Å². The molecule has 0 aliphatic rings. The summed E-state index contributed by atoms with van der Waals surface area (Å²) in [5.41, 5.74) is 1.64. The zero-order valence-corrected chi connectivity index (χ0v) is 22.9. The maximum Gasteiger partial charge on any atom is 0.335 e. The molecule has 0 spiro atoms. The molecule has 1 atom stereocenters. The minimum absolute atomic E-state index is 0.0935. The molecule has 202 valence electrons. The summed E-state index contributed by atoms with van der Waals surface area (Å²) in [5.74, 6) is -2.19. The van der Waals surface area contributed by atoms with Crippen LogP contribution >= 0.6 is 23.1 Å². The SMILES string of the molecule is CC(Sc1cccc(NC(=O)/C(=C/c2cccs2)NC(=O)c2ccccc2)c1)C(=O)Nc1ccc(C(=O)O)cc1. The molecule has 3 amide bonds. The molecular formula is C30H25N3O5S2. The molecule has 4 rings (SSSR count). The number of nitrogens with one attached hydrogen (secondary N) is 3. The molecule has 0 fully saturated rings. The van der Waals surface area contributed by atoms with Gasteiger partial charge >= 0.3 is 5.97 Å². The summed E-state index contributed by atoms with van der Waals surface area (Å²) in [5, 5.41) is 18.7. The van der Waals surface area contributed by atoms with Crippen molar-refractivity contribution in [3.05, 3.63) is 118 Å². The van der Waals surface area contributed by atoms with E-state index >= 15 is 0 Å². The molecule has 0 radical (unpaired) electrons. The molecule has 1 unspecified atom stereocenters. The number of hydrogen-bond donors (Lipinski definition) is 4. The van der Waals surface area contributed by atoms with Crippen LogP contribution in [0.1, 0.15) is 32.5 Å². The van der Waals surface area contributed by atoms with Gasteiger partial charge in [-0.25, -0.2) is 4.79 Å². The number of carboxylic acids is 1. The van der Waals surface area contributed by atoms with E-state index < -0.39 is 23.0 Å². The first-order valence-electron chi connectivity index (χ1n) is 12.1. The smallest absolute Gasteiger partial charge is 0.335 e. The first-order chi connectivity index (χ1) is 19.3. The van der Waals surface area contributed by atoms with Crippen LogP contribution in [0.25, 0.3) is 6.08 Å². The van der Waals surface area contributed by atoms with Gasteiger partial charge in [0.1, 0.15) is 5.70 Å². The van der Waals surface area contributed by atoms with Crippen LogP contribution in [-0.4, -0.2) is 34.0 Å². The van der Waals surface area contributed by atoms with Crippen molar-refractivity contribution in [3.63, 3.8) is 0 Å². The lowest BCUT2D eigenvalue weighted by atomic mass is 10.2. The van der Waals surface area contributed by atoms with Gasteiger partial charge in [0.05, 0.1) is 10.8 Å². The van der Waals surface area contributed by atoms with Gasteiger partial charge in [0.15, 0.2) is 0 Å². The fraction of sp³-hybridized carbons (Fsp3) is 0.0667. The van der Waals surface area contributed by atoms with Crippen LogP contribution in [0.15, 0.2) is 107 Å². The molecule has 0 saturated heterocycles. The average molecular weight is 572 g/mol. The van der Waals surface area contributed by atoms with Crippen LogP contribution in [0, 0.1) is 0 Å². The molecule has 4 aromatic rings. The summed E-state index contributed by atoms with van der Waals surface area (Å²) < 4.78 is 0. The van der Waals surface area contributed by atoms with E-state index in [4.69, 9.17) is 5.11 Å². The third kappa shape index (κ3) is 7.92. The number of amides is 3. The van der Waals surface area contributed by atoms with E-state index in [0.29, 0.717) is 16.9 Å². The van der Waals surface area contributed by atoms with E-state index in [2.05, 4.69) is 16.0 Å². The highest BCUT2D eigenvalue weighted by Gasteiger charge is 2.18. The third-order valence-corrected chi connectivity index (χ3v) is 7.45. The Morgan fingerprint density at radius 2 is 1.57 bits per heavy atom. The van der Waals surface area contributed by atoms with Crippen LogP contribution in [0.2, 0.25) is 0 Å². The van der Waals surface area contributed by atoms with Gasteiger partial charge in [0.2, 0.25) is 5.91 Å². The molecule has 1 aromatic heterocycles. The Kier molecular flexibility index (Phi) is 9.50. The Labute approximate surface area is 239 Å². The number of carboxylic acid groups (broad SMARTS) is 1. The largest absolute Gasteiger partial charge is 0.478 e. The number of rotatable bonds is 10. The second kappa shape index (κ2) is 13.4. The van der Waals surface area contributed by atoms with Gasteiger partial charge in [-0.2, -0.15) is 0 Å². The van der Waals surface area contributed by atoms with Gasteiger partial charge in [-0.15, -0.1) is 23.1 Å². The number of carbonyl (C=O) groups is 4. The number of aromatic carboxylic acids is 1. The van der Waals surface area contributed by atoms with E-state index in [1.165, 1.54) is 47.4 Å². The maximum absolute atomic E-state index is 13.2. The highest BCUT2D eigenvalue weighted by atomic mass is 32.2. The molecule has 3 aromatic carbocycles. The summed E-state index contributed by atoms with van der Waals surface area (Å²) in [4.78, 5) is 51.2. The Balaban J connectivity index is 1.42. The van der Waals surface area contributed by atoms with Crippen LogP contribution in [0.5, 0.6) is 0 Å². The van der Waals surface area contributed by atoms with Gasteiger partial charge < -0.3 is 21.1 Å². The Hall–Kier alpha value is -4.67. The van der Waals surface area contributed by atoms with Gasteiger partial charge in [-0.3, -0.25) is 14.4 Å². The highest BCUT2D eigenvalue weighted by molar-refractivity contribution is 8.00. The summed E-state index contributed by atoms with van der Waals surface area (Å²) in [6.07, 6.45) is 1.62. The van der Waals surface area contributed by atoms with E-state index in [0.717, 1.165) is 9.77 Å². The predicted octanol–water partition coefficient (Wildman–Crippen LogP) is 5.98. The van der Waals surface area contributed by atoms with Crippen molar-refractivity contribution in [1.29, 1.82) is 0 Å². The van der Waals surface area contributed by atoms with Crippen molar-refractivity contribution in [2.45, 2.75) is 17.1 Å². The normalized spacial score (nSPS) is 11.8. The van der Waals surface area contributed by atoms with Crippen LogP contribution in [-0.2, 0) is 9.59 Å². The molecule has 8 nitrogen and oxygen atoms in total. The fourth-order valence-electron chi connectivity index (χ4n) is 3.50. The lowest BCUT2D eigenvalue weighted by molar-refractivity contribution is -0.115. The number of thioether (sulfide) groups is 1. The number of hydrogen-bond acceptors (Lipinski definition) is 6. The lowest BCUT2D eigenvalue weighted by Gasteiger charge is -2.14. The Morgan fingerprint density at radius 3 is 2.25 bits per heavy atom. The number of thiophene rings is 1. The quantitative estimate of drug-likeness (QED) is 0.137. The average Bonchev–Trinajstić information content (AvgIpc) is 3.47. The summed E-state index contributed by atoms with van der Waals surface area (Å²) >= 11 is 2.74. The molecule has 4 N–H and O–H groups in total. The van der Waals surface area contributed by atoms with E-state index in [1.807, 2.05) is 23.6 Å². The minimum Gasteiger partial charge on any atom is -0.478 e. The Bertz CT molecular complexity index is 1540. The van der Waals surface area contributed by atoms with Crippen LogP contribution < -0.4 is 16.0 Å². The Morgan fingerprint density at radius 1 is 0.825 bits per heavy atom. The summed E-state index contributed by atoms with van der Waals surface area (Å²) in [6.45, 7) is 1.75. The van der Waals surface area contributed by atoms with E-state index in [-0.39, 0.29) is 17.2 Å². The molecular weight excluding hydrogens is 546 g/mol. The maximum atomic E-state index is 13.2. The topological polar surface area (TPSA) is 125 Å². The second-order valence-corrected chi connectivity index (χ2v) is 10.9. The molecule has 0 aliphatic heterocycles. The zero-order chi connectivity index (χ0) is 28.5. The van der Waals surface area contributed by atoms with Crippen LogP contribution in [0.4, 0.5) is 11.4 Å². The van der Waals surface area contributed by atoms with Crippen molar-refractivity contribution in [2.75, 3.05) is 10.6 Å². The first-order valence-corrected chi connectivity index (χ1v) is 13.9. The number of carbonyl (C=O) groups excluding carboxylic acids is 3. The zero-order valence-electron chi connectivity index (χ0n) is 21.3. The second-order valence-electron chi connectivity index (χ2n) is 8.51. The summed E-state index contributed by atoms with van der Waals surface area (Å²) in [7, 11) is 0. The number of benzene rings is 3. The molecule has 0 aliphatic carbocycles. The monoisotopic (exact) mass is 571 g/mol. The van der Waals surface area contributed by atoms with Crippen molar-refractivity contribution in [2.24, 2.45) is 0 Å². The van der Waals surface area contributed by atoms with Gasteiger partial charge in [-0.1, -0.05) is 30.3 Å². The summed E-state index contributed by atoms with van der Waals surface area (Å²) in [6, 6.07) is 25.3. The molecule has 0 bridgehead atoms. The van der Waals surface area contributed by atoms with Crippen molar-refractivity contribution < 1.29 is 24.3 Å². The standard InChI is InChI=1S/C30H25N3O5S2/c1-19(27(34)31-22-14-12-21(13-15-22)30(37)38)40-25-10-5-9-23(17-25)32-29(36)26(18-24-11-6-16-39-24)33-28(35)20-7-3-2-4-8-20/h2-19H,1H3,(H,31,34)(H,32,36)(H,33,35)(H,37,38)/b26-18-. The van der Waals surface area contributed by atoms with Gasteiger partial charge in [0, 0.05) is 26.7 Å². The fourth-order valence-corrected chi connectivity index (χ4v) is 5.08. The van der Waals surface area contributed by atoms with Gasteiger partial charge in [0.25, 0.3) is 11.8 Å². The van der Waals surface area contributed by atoms with Crippen molar-refractivity contribution >= 4 is 64.2 Å². The molecule has 1 heterocycles. The first kappa shape index (κ1) is 28.3. The van der Waals surface area contributed by atoms with Crippen molar-refractivity contribution in [1.82, 2.24) is 5.32 Å². The predicted molar refractivity (Wildman–Crippen MR) is 159 cm³/mol. The molecule has 40 heavy (non-hydrogen) atoms. The highest BCUT2D eigenvalue weighted by Crippen LogP contribution is 2.27. The number of anilines is 2. The lowest BCUT2D eigenvalue weighted by Crippen LogP contribution is -2.30.